The van der Waals surface area contributed by atoms with Crippen LogP contribution < -0.4 is 10.1 Å². The molecule has 0 saturated carbocycles. The van der Waals surface area contributed by atoms with Crippen molar-refractivity contribution in [3.05, 3.63) is 58.1 Å². The summed E-state index contributed by atoms with van der Waals surface area (Å²) in [4.78, 5) is 12.0. The molecule has 2 aromatic rings. The Labute approximate surface area is 144 Å². The third-order valence-corrected chi connectivity index (χ3v) is 4.46. The Morgan fingerprint density at radius 2 is 2.00 bits per heavy atom. The Morgan fingerprint density at radius 1 is 1.23 bits per heavy atom. The highest BCUT2D eigenvalue weighted by Crippen LogP contribution is 2.26. The number of methoxy groups -OCH3 is 1. The lowest BCUT2D eigenvalue weighted by Gasteiger charge is -2.10. The number of anilines is 1. The minimum absolute atomic E-state index is 0.0837. The van der Waals surface area contributed by atoms with Crippen molar-refractivity contribution in [1.29, 1.82) is 0 Å². The van der Waals surface area contributed by atoms with Gasteiger partial charge >= 0.3 is 0 Å². The summed E-state index contributed by atoms with van der Waals surface area (Å²) < 4.78 is 5.20. The number of hydrogen-bond acceptors (Lipinski definition) is 3. The van der Waals surface area contributed by atoms with Crippen molar-refractivity contribution in [2.24, 2.45) is 0 Å². The lowest BCUT2D eigenvalue weighted by molar-refractivity contribution is -0.113. The largest absolute Gasteiger partial charge is 0.495 e. The SMILES string of the molecule is COc1ccccc1NC(=O)CSCc1ccc(Cl)cc1Cl. The number of thioether (sulfide) groups is 1. The summed E-state index contributed by atoms with van der Waals surface area (Å²) in [6.45, 7) is 0. The van der Waals surface area contributed by atoms with E-state index in [0.717, 1.165) is 5.56 Å². The molecule has 116 valence electrons. The van der Waals surface area contributed by atoms with E-state index in [1.54, 1.807) is 31.4 Å². The molecule has 2 aromatic carbocycles. The first-order valence-corrected chi connectivity index (χ1v) is 8.45. The maximum Gasteiger partial charge on any atom is 0.234 e. The van der Waals surface area contributed by atoms with Crippen LogP contribution in [0.4, 0.5) is 5.69 Å². The van der Waals surface area contributed by atoms with Gasteiger partial charge in [-0.2, -0.15) is 0 Å². The van der Waals surface area contributed by atoms with E-state index in [4.69, 9.17) is 27.9 Å². The molecule has 0 aliphatic rings. The molecule has 0 atom stereocenters. The summed E-state index contributed by atoms with van der Waals surface area (Å²) in [7, 11) is 1.57. The summed E-state index contributed by atoms with van der Waals surface area (Å²) in [5, 5.41) is 4.05. The molecule has 0 saturated heterocycles. The molecule has 0 aliphatic heterocycles. The maximum absolute atomic E-state index is 12.0. The van der Waals surface area contributed by atoms with Gasteiger partial charge in [0.15, 0.2) is 0 Å². The van der Waals surface area contributed by atoms with Gasteiger partial charge in [-0.3, -0.25) is 4.79 Å². The molecule has 6 heteroatoms. The van der Waals surface area contributed by atoms with Gasteiger partial charge in [-0.15, -0.1) is 11.8 Å². The first kappa shape index (κ1) is 17.0. The van der Waals surface area contributed by atoms with Gasteiger partial charge < -0.3 is 10.1 Å². The summed E-state index contributed by atoms with van der Waals surface area (Å²) in [6, 6.07) is 12.7. The third kappa shape index (κ3) is 4.83. The predicted octanol–water partition coefficient (Wildman–Crippen LogP) is 4.87. The van der Waals surface area contributed by atoms with Crippen molar-refractivity contribution in [2.45, 2.75) is 5.75 Å². The quantitative estimate of drug-likeness (QED) is 0.802. The van der Waals surface area contributed by atoms with Crippen LogP contribution in [0, 0.1) is 0 Å². The fourth-order valence-corrected chi connectivity index (χ4v) is 3.21. The average molecular weight is 356 g/mol. The second-order valence-corrected chi connectivity index (χ2v) is 6.31. The molecule has 2 rings (SSSR count). The van der Waals surface area contributed by atoms with Crippen LogP contribution in [-0.2, 0) is 10.5 Å². The number of amides is 1. The fraction of sp³-hybridized carbons (Fsp3) is 0.188. The Bertz CT molecular complexity index is 664. The van der Waals surface area contributed by atoms with Crippen LogP contribution in [0.1, 0.15) is 5.56 Å². The van der Waals surface area contributed by atoms with Gasteiger partial charge in [0, 0.05) is 15.8 Å². The van der Waals surface area contributed by atoms with Crippen LogP contribution >= 0.6 is 35.0 Å². The molecule has 0 radical (unpaired) electrons. The van der Waals surface area contributed by atoms with Crippen LogP contribution in [0.5, 0.6) is 5.75 Å². The number of rotatable bonds is 6. The van der Waals surface area contributed by atoms with Crippen molar-refractivity contribution in [3.8, 4) is 5.75 Å². The van der Waals surface area contributed by atoms with E-state index in [1.807, 2.05) is 18.2 Å². The summed E-state index contributed by atoms with van der Waals surface area (Å²) in [5.41, 5.74) is 1.63. The van der Waals surface area contributed by atoms with E-state index < -0.39 is 0 Å². The Hall–Kier alpha value is -1.36. The number of nitrogens with one attached hydrogen (secondary N) is 1. The zero-order valence-electron chi connectivity index (χ0n) is 11.9. The smallest absolute Gasteiger partial charge is 0.234 e. The van der Waals surface area contributed by atoms with Crippen molar-refractivity contribution in [2.75, 3.05) is 18.2 Å². The fourth-order valence-electron chi connectivity index (χ4n) is 1.83. The minimum atomic E-state index is -0.0837. The van der Waals surface area contributed by atoms with Crippen LogP contribution in [0.15, 0.2) is 42.5 Å². The number of ether oxygens (including phenoxy) is 1. The molecule has 0 fully saturated rings. The summed E-state index contributed by atoms with van der Waals surface area (Å²) in [6.07, 6.45) is 0. The molecule has 0 unspecified atom stereocenters. The van der Waals surface area contributed by atoms with Crippen molar-refractivity contribution in [1.82, 2.24) is 0 Å². The van der Waals surface area contributed by atoms with Gasteiger partial charge in [0.2, 0.25) is 5.91 Å². The number of benzene rings is 2. The molecule has 22 heavy (non-hydrogen) atoms. The zero-order valence-corrected chi connectivity index (χ0v) is 14.3. The van der Waals surface area contributed by atoms with Gasteiger partial charge in [0.05, 0.1) is 18.6 Å². The summed E-state index contributed by atoms with van der Waals surface area (Å²) in [5.74, 6) is 1.54. The van der Waals surface area contributed by atoms with Crippen LogP contribution in [-0.4, -0.2) is 18.8 Å². The topological polar surface area (TPSA) is 38.3 Å². The lowest BCUT2D eigenvalue weighted by atomic mass is 10.2. The van der Waals surface area contributed by atoms with Crippen LogP contribution in [0.3, 0.4) is 0 Å². The first-order valence-electron chi connectivity index (χ1n) is 6.54. The second kappa shape index (κ2) is 8.32. The van der Waals surface area contributed by atoms with Gasteiger partial charge in [-0.1, -0.05) is 41.4 Å². The average Bonchev–Trinajstić information content (AvgIpc) is 2.50. The van der Waals surface area contributed by atoms with Gasteiger partial charge in [0.25, 0.3) is 0 Å². The number of carbonyl (C=O) groups is 1. The van der Waals surface area contributed by atoms with Crippen molar-refractivity contribution < 1.29 is 9.53 Å². The summed E-state index contributed by atoms with van der Waals surface area (Å²) >= 11 is 13.4. The predicted molar refractivity (Wildman–Crippen MR) is 94.2 cm³/mol. The highest BCUT2D eigenvalue weighted by molar-refractivity contribution is 7.99. The normalized spacial score (nSPS) is 10.3. The molecule has 0 aromatic heterocycles. The molecule has 0 aliphatic carbocycles. The van der Waals surface area contributed by atoms with E-state index >= 15 is 0 Å². The lowest BCUT2D eigenvalue weighted by Crippen LogP contribution is -2.14. The first-order chi connectivity index (χ1) is 10.6. The number of carbonyl (C=O) groups excluding carboxylic acids is 1. The van der Waals surface area contributed by atoms with E-state index in [0.29, 0.717) is 33.0 Å². The highest BCUT2D eigenvalue weighted by Gasteiger charge is 2.08. The standard InChI is InChI=1S/C16H15Cl2NO2S/c1-21-15-5-3-2-4-14(15)19-16(20)10-22-9-11-6-7-12(17)8-13(11)18/h2-8H,9-10H2,1H3,(H,19,20). The third-order valence-electron chi connectivity index (χ3n) is 2.89. The number of para-hydroxylation sites is 2. The monoisotopic (exact) mass is 355 g/mol. The van der Waals surface area contributed by atoms with Gasteiger partial charge in [0.1, 0.15) is 5.75 Å². The zero-order chi connectivity index (χ0) is 15.9. The van der Waals surface area contributed by atoms with E-state index in [9.17, 15) is 4.79 Å². The highest BCUT2D eigenvalue weighted by atomic mass is 35.5. The van der Waals surface area contributed by atoms with E-state index in [1.165, 1.54) is 11.8 Å². The molecule has 1 N–H and O–H groups in total. The molecular formula is C16H15Cl2NO2S. The second-order valence-electron chi connectivity index (χ2n) is 4.48. The van der Waals surface area contributed by atoms with Crippen molar-refractivity contribution >= 4 is 46.6 Å². The molecule has 0 spiro atoms. The molecule has 0 heterocycles. The van der Waals surface area contributed by atoms with Crippen LogP contribution in [0.25, 0.3) is 0 Å². The Kier molecular flexibility index (Phi) is 6.43. The maximum atomic E-state index is 12.0. The van der Waals surface area contributed by atoms with Gasteiger partial charge in [-0.25, -0.2) is 0 Å². The Morgan fingerprint density at radius 3 is 2.73 bits per heavy atom. The van der Waals surface area contributed by atoms with E-state index in [-0.39, 0.29) is 5.91 Å². The number of hydrogen-bond donors (Lipinski definition) is 1. The van der Waals surface area contributed by atoms with Crippen molar-refractivity contribution in [3.63, 3.8) is 0 Å². The minimum Gasteiger partial charge on any atom is -0.495 e. The van der Waals surface area contributed by atoms with E-state index in [2.05, 4.69) is 5.32 Å². The van der Waals surface area contributed by atoms with Crippen LogP contribution in [0.2, 0.25) is 10.0 Å². The van der Waals surface area contributed by atoms with Gasteiger partial charge in [-0.05, 0) is 29.8 Å². The Balaban J connectivity index is 1.85. The molecule has 3 nitrogen and oxygen atoms in total. The molecule has 1 amide bonds. The number of halogens is 2. The molecular weight excluding hydrogens is 341 g/mol. The molecule has 0 bridgehead atoms.